The fourth-order valence-corrected chi connectivity index (χ4v) is 5.75. The number of nitrogens with zero attached hydrogens (tertiary/aromatic N) is 2. The average Bonchev–Trinajstić information content (AvgIpc) is 3.33. The lowest BCUT2D eigenvalue weighted by Crippen LogP contribution is -2.26. The van der Waals surface area contributed by atoms with Gasteiger partial charge in [-0.1, -0.05) is 6.92 Å². The third-order valence-corrected chi connectivity index (χ3v) is 7.37. The van der Waals surface area contributed by atoms with E-state index in [1.165, 1.54) is 23.9 Å². The van der Waals surface area contributed by atoms with Crippen LogP contribution in [0.25, 0.3) is 10.9 Å². The summed E-state index contributed by atoms with van der Waals surface area (Å²) in [7, 11) is 0. The summed E-state index contributed by atoms with van der Waals surface area (Å²) in [5, 5.41) is 13.1. The molecule has 0 aliphatic heterocycles. The number of fused-ring (bicyclic) bond motifs is 2. The molecule has 3 aromatic rings. The first-order valence-corrected chi connectivity index (χ1v) is 11.0. The van der Waals surface area contributed by atoms with Crippen molar-refractivity contribution in [2.45, 2.75) is 38.5 Å². The lowest BCUT2D eigenvalue weighted by atomic mass is 9.86. The number of aromatic nitrogens is 2. The molecule has 1 amide bonds. The van der Waals surface area contributed by atoms with Crippen molar-refractivity contribution in [2.24, 2.45) is 23.7 Å². The molecule has 2 saturated carbocycles. The van der Waals surface area contributed by atoms with E-state index >= 15 is 0 Å². The SMILES string of the molecule is CC(C(=O)Nc1ccc(O)nc1)[C@H]1C[C@H]2CC(c3ccnc4ccc(F)cc34)C[C@H]2C1. The van der Waals surface area contributed by atoms with Gasteiger partial charge in [-0.3, -0.25) is 9.78 Å². The van der Waals surface area contributed by atoms with Crippen LogP contribution in [0, 0.1) is 29.5 Å². The molecule has 0 bridgehead atoms. The molecule has 0 radical (unpaired) electrons. The molecule has 6 heteroatoms. The summed E-state index contributed by atoms with van der Waals surface area (Å²) in [5.41, 5.74) is 2.66. The molecular weight excluding hydrogens is 393 g/mol. The van der Waals surface area contributed by atoms with Crippen LogP contribution in [-0.2, 0) is 4.79 Å². The van der Waals surface area contributed by atoms with Crippen LogP contribution in [0.1, 0.15) is 44.1 Å². The number of carbonyl (C=O) groups excluding carboxylic acids is 1. The van der Waals surface area contributed by atoms with Gasteiger partial charge in [-0.15, -0.1) is 0 Å². The van der Waals surface area contributed by atoms with Gasteiger partial charge >= 0.3 is 0 Å². The van der Waals surface area contributed by atoms with Gasteiger partial charge in [0.15, 0.2) is 0 Å². The zero-order chi connectivity index (χ0) is 21.5. The van der Waals surface area contributed by atoms with E-state index < -0.39 is 0 Å². The number of nitrogens with one attached hydrogen (secondary N) is 1. The van der Waals surface area contributed by atoms with Crippen molar-refractivity contribution in [3.05, 3.63) is 60.2 Å². The Morgan fingerprint density at radius 1 is 1.10 bits per heavy atom. The van der Waals surface area contributed by atoms with Gasteiger partial charge in [0, 0.05) is 23.6 Å². The van der Waals surface area contributed by atoms with E-state index in [1.807, 2.05) is 19.2 Å². The number of hydrogen-bond acceptors (Lipinski definition) is 4. The summed E-state index contributed by atoms with van der Waals surface area (Å²) >= 11 is 0. The van der Waals surface area contributed by atoms with Crippen LogP contribution < -0.4 is 5.32 Å². The molecule has 1 aromatic carbocycles. The fourth-order valence-electron chi connectivity index (χ4n) is 5.75. The van der Waals surface area contributed by atoms with Crippen LogP contribution in [0.2, 0.25) is 0 Å². The van der Waals surface area contributed by atoms with Crippen LogP contribution in [0.5, 0.6) is 5.88 Å². The monoisotopic (exact) mass is 419 g/mol. The maximum atomic E-state index is 13.8. The van der Waals surface area contributed by atoms with Gasteiger partial charge in [-0.25, -0.2) is 9.37 Å². The normalized spacial score (nSPS) is 26.0. The molecular formula is C25H26FN3O2. The van der Waals surface area contributed by atoms with Gasteiger partial charge in [-0.2, -0.15) is 0 Å². The minimum absolute atomic E-state index is 0.00427. The Kier molecular flexibility index (Phi) is 5.08. The number of aromatic hydroxyl groups is 1. The molecule has 5 rings (SSSR count). The number of halogens is 1. The van der Waals surface area contributed by atoms with Crippen LogP contribution in [0.3, 0.4) is 0 Å². The number of anilines is 1. The quantitative estimate of drug-likeness (QED) is 0.604. The molecule has 31 heavy (non-hydrogen) atoms. The van der Waals surface area contributed by atoms with E-state index in [4.69, 9.17) is 0 Å². The van der Waals surface area contributed by atoms with Crippen LogP contribution in [0.15, 0.2) is 48.8 Å². The standard InChI is InChI=1S/C25H26FN3O2/c1-14(25(31)29-20-3-5-24(30)28-13-20)15-8-16-10-18(11-17(16)9-15)21-6-7-27-23-4-2-19(26)12-22(21)23/h2-7,12-18H,8-11H2,1H3,(H,28,30)(H,29,31)/t14?,15-,16-,17+,18?. The number of hydrogen-bond donors (Lipinski definition) is 2. The Morgan fingerprint density at radius 2 is 1.87 bits per heavy atom. The van der Waals surface area contributed by atoms with Crippen molar-refractivity contribution < 1.29 is 14.3 Å². The van der Waals surface area contributed by atoms with Crippen molar-refractivity contribution >= 4 is 22.5 Å². The lowest BCUT2D eigenvalue weighted by molar-refractivity contribution is -0.120. The van der Waals surface area contributed by atoms with Gasteiger partial charge < -0.3 is 10.4 Å². The maximum Gasteiger partial charge on any atom is 0.227 e. The van der Waals surface area contributed by atoms with Crippen LogP contribution in [-0.4, -0.2) is 21.0 Å². The molecule has 160 valence electrons. The second kappa shape index (κ2) is 7.91. The summed E-state index contributed by atoms with van der Waals surface area (Å²) in [5.74, 6) is 1.66. The fraction of sp³-hybridized carbons (Fsp3) is 0.400. The minimum atomic E-state index is -0.219. The van der Waals surface area contributed by atoms with Crippen molar-refractivity contribution in [3.8, 4) is 5.88 Å². The predicted molar refractivity (Wildman–Crippen MR) is 117 cm³/mol. The van der Waals surface area contributed by atoms with Gasteiger partial charge in [0.2, 0.25) is 11.8 Å². The van der Waals surface area contributed by atoms with E-state index in [0.29, 0.717) is 29.4 Å². The maximum absolute atomic E-state index is 13.8. The van der Waals surface area contributed by atoms with Crippen LogP contribution in [0.4, 0.5) is 10.1 Å². The Labute approximate surface area is 180 Å². The van der Waals surface area contributed by atoms with E-state index in [0.717, 1.165) is 36.6 Å². The van der Waals surface area contributed by atoms with Gasteiger partial charge in [0.05, 0.1) is 17.4 Å². The first kappa shape index (κ1) is 19.9. The average molecular weight is 420 g/mol. The Hall–Kier alpha value is -3.02. The summed E-state index contributed by atoms with van der Waals surface area (Å²) in [6.07, 6.45) is 7.59. The van der Waals surface area contributed by atoms with Gasteiger partial charge in [0.1, 0.15) is 5.82 Å². The molecule has 2 aromatic heterocycles. The molecule has 5 nitrogen and oxygen atoms in total. The molecule has 0 spiro atoms. The topological polar surface area (TPSA) is 75.1 Å². The molecule has 2 aliphatic carbocycles. The van der Waals surface area contributed by atoms with E-state index in [1.54, 1.807) is 18.2 Å². The summed E-state index contributed by atoms with van der Waals surface area (Å²) in [6.45, 7) is 2.01. The zero-order valence-electron chi connectivity index (χ0n) is 17.5. The zero-order valence-corrected chi connectivity index (χ0v) is 17.5. The number of benzene rings is 1. The highest BCUT2D eigenvalue weighted by Crippen LogP contribution is 2.54. The molecule has 2 aliphatic rings. The smallest absolute Gasteiger partial charge is 0.227 e. The van der Waals surface area contributed by atoms with Crippen molar-refractivity contribution in [2.75, 3.05) is 5.32 Å². The molecule has 2 fully saturated rings. The van der Waals surface area contributed by atoms with Crippen molar-refractivity contribution in [1.82, 2.24) is 9.97 Å². The van der Waals surface area contributed by atoms with E-state index in [9.17, 15) is 14.3 Å². The second-order valence-corrected chi connectivity index (χ2v) is 9.16. The highest BCUT2D eigenvalue weighted by Gasteiger charge is 2.44. The number of carbonyl (C=O) groups is 1. The minimum Gasteiger partial charge on any atom is -0.493 e. The number of pyridine rings is 2. The highest BCUT2D eigenvalue weighted by molar-refractivity contribution is 5.92. The Bertz CT molecular complexity index is 1100. The third kappa shape index (κ3) is 3.87. The first-order valence-electron chi connectivity index (χ1n) is 11.0. The summed E-state index contributed by atoms with van der Waals surface area (Å²) in [4.78, 5) is 20.9. The van der Waals surface area contributed by atoms with Gasteiger partial charge in [0.25, 0.3) is 0 Å². The van der Waals surface area contributed by atoms with Crippen LogP contribution >= 0.6 is 0 Å². The molecule has 2 heterocycles. The predicted octanol–water partition coefficient (Wildman–Crippen LogP) is 5.27. The first-order chi connectivity index (χ1) is 15.0. The van der Waals surface area contributed by atoms with Gasteiger partial charge in [-0.05, 0) is 85.3 Å². The number of amides is 1. The Morgan fingerprint density at radius 3 is 2.58 bits per heavy atom. The Balaban J connectivity index is 1.24. The molecule has 2 unspecified atom stereocenters. The van der Waals surface area contributed by atoms with Crippen molar-refractivity contribution in [3.63, 3.8) is 0 Å². The van der Waals surface area contributed by atoms with E-state index in [-0.39, 0.29) is 23.5 Å². The molecule has 5 atom stereocenters. The third-order valence-electron chi connectivity index (χ3n) is 7.37. The second-order valence-electron chi connectivity index (χ2n) is 9.16. The van der Waals surface area contributed by atoms with E-state index in [2.05, 4.69) is 15.3 Å². The summed E-state index contributed by atoms with van der Waals surface area (Å²) in [6, 6.07) is 10.0. The lowest BCUT2D eigenvalue weighted by Gasteiger charge is -2.21. The molecule has 0 saturated heterocycles. The summed E-state index contributed by atoms with van der Waals surface area (Å²) < 4.78 is 13.8. The van der Waals surface area contributed by atoms with Crippen molar-refractivity contribution in [1.29, 1.82) is 0 Å². The molecule has 2 N–H and O–H groups in total. The number of rotatable bonds is 4. The largest absolute Gasteiger partial charge is 0.493 e. The highest BCUT2D eigenvalue weighted by atomic mass is 19.1.